The van der Waals surface area contributed by atoms with Crippen molar-refractivity contribution in [2.45, 2.75) is 30.1 Å². The monoisotopic (exact) mass is 323 g/mol. The molecule has 1 unspecified atom stereocenters. The van der Waals surface area contributed by atoms with Crippen molar-refractivity contribution in [3.63, 3.8) is 0 Å². The second-order valence-electron chi connectivity index (χ2n) is 4.56. The zero-order valence-corrected chi connectivity index (χ0v) is 13.2. The summed E-state index contributed by atoms with van der Waals surface area (Å²) in [5.41, 5.74) is 0. The predicted molar refractivity (Wildman–Crippen MR) is 77.5 cm³/mol. The first-order chi connectivity index (χ1) is 9.04. The molecule has 7 heteroatoms. The molecule has 1 saturated heterocycles. The summed E-state index contributed by atoms with van der Waals surface area (Å²) in [5.74, 6) is 0.509. The largest absolute Gasteiger partial charge is 0.377 e. The lowest BCUT2D eigenvalue weighted by Gasteiger charge is -2.20. The van der Waals surface area contributed by atoms with E-state index in [-0.39, 0.29) is 6.10 Å². The summed E-state index contributed by atoms with van der Waals surface area (Å²) in [5, 5.41) is 0. The van der Waals surface area contributed by atoms with E-state index in [2.05, 4.69) is 0 Å². The van der Waals surface area contributed by atoms with Gasteiger partial charge >= 0.3 is 0 Å². The lowest BCUT2D eigenvalue weighted by molar-refractivity contribution is 0.0752. The molecule has 0 amide bonds. The van der Waals surface area contributed by atoms with Gasteiger partial charge < -0.3 is 4.74 Å². The molecule has 0 bridgehead atoms. The number of halogens is 1. The van der Waals surface area contributed by atoms with E-state index in [1.165, 1.54) is 15.6 Å². The fraction of sp³-hybridized carbons (Fsp3) is 0.667. The van der Waals surface area contributed by atoms with Gasteiger partial charge in [-0.1, -0.05) is 0 Å². The third-order valence-corrected chi connectivity index (χ3v) is 6.65. The maximum Gasteiger partial charge on any atom is 0.252 e. The number of aryl methyl sites for hydroxylation is 1. The molecule has 1 fully saturated rings. The zero-order chi connectivity index (χ0) is 13.9. The smallest absolute Gasteiger partial charge is 0.252 e. The van der Waals surface area contributed by atoms with Crippen molar-refractivity contribution in [1.29, 1.82) is 0 Å². The fourth-order valence-electron chi connectivity index (χ4n) is 2.03. The number of hydrogen-bond donors (Lipinski definition) is 0. The normalized spacial score (nSPS) is 22.3. The van der Waals surface area contributed by atoms with Crippen LogP contribution in [0.2, 0.25) is 0 Å². The lowest BCUT2D eigenvalue weighted by atomic mass is 10.4. The van der Waals surface area contributed by atoms with Crippen molar-refractivity contribution in [2.75, 3.05) is 25.6 Å². The number of hydrogen-bond acceptors (Lipinski definition) is 4. The topological polar surface area (TPSA) is 46.6 Å². The number of ether oxygens (including phenoxy) is 1. The van der Waals surface area contributed by atoms with E-state index in [0.717, 1.165) is 11.3 Å². The first-order valence-electron chi connectivity index (χ1n) is 6.30. The number of nitrogens with zero attached hydrogens (tertiary/aromatic N) is 1. The predicted octanol–water partition coefficient (Wildman–Crippen LogP) is 2.33. The van der Waals surface area contributed by atoms with Crippen molar-refractivity contribution < 1.29 is 13.2 Å². The van der Waals surface area contributed by atoms with Crippen LogP contribution in [-0.4, -0.2) is 44.4 Å². The van der Waals surface area contributed by atoms with E-state index >= 15 is 0 Å². The molecule has 1 atom stereocenters. The molecule has 1 aromatic heterocycles. The van der Waals surface area contributed by atoms with E-state index in [9.17, 15) is 8.42 Å². The molecule has 1 aliphatic rings. The molecule has 1 aromatic rings. The van der Waals surface area contributed by atoms with E-state index in [0.29, 0.717) is 36.2 Å². The summed E-state index contributed by atoms with van der Waals surface area (Å²) in [4.78, 5) is 1.01. The summed E-state index contributed by atoms with van der Waals surface area (Å²) >= 11 is 6.99. The summed E-state index contributed by atoms with van der Waals surface area (Å²) in [6.45, 7) is 3.47. The van der Waals surface area contributed by atoms with Crippen LogP contribution < -0.4 is 0 Å². The highest BCUT2D eigenvalue weighted by Crippen LogP contribution is 2.26. The Morgan fingerprint density at radius 2 is 2.32 bits per heavy atom. The van der Waals surface area contributed by atoms with Gasteiger partial charge in [0.25, 0.3) is 10.0 Å². The molecule has 0 saturated carbocycles. The van der Waals surface area contributed by atoms with Gasteiger partial charge in [-0.05, 0) is 31.9 Å². The number of rotatable bonds is 4. The Kier molecular flexibility index (Phi) is 5.25. The molecule has 19 heavy (non-hydrogen) atoms. The Morgan fingerprint density at radius 3 is 3.05 bits per heavy atom. The molecule has 108 valence electrons. The minimum absolute atomic E-state index is 0.0560. The van der Waals surface area contributed by atoms with Crippen LogP contribution in [0.5, 0.6) is 0 Å². The molecule has 1 aliphatic heterocycles. The Labute approximate surface area is 123 Å². The third-order valence-electron chi connectivity index (χ3n) is 2.99. The maximum absolute atomic E-state index is 12.6. The highest BCUT2D eigenvalue weighted by molar-refractivity contribution is 7.91. The second-order valence-corrected chi connectivity index (χ2v) is 8.27. The van der Waals surface area contributed by atoms with Crippen molar-refractivity contribution >= 4 is 33.0 Å². The van der Waals surface area contributed by atoms with Gasteiger partial charge in [-0.2, -0.15) is 4.31 Å². The SMILES string of the molecule is CC1CN(S(=O)(=O)c2ccc(CCCl)s2)CCCO1. The molecule has 0 spiro atoms. The second kappa shape index (κ2) is 6.54. The van der Waals surface area contributed by atoms with E-state index in [1.807, 2.05) is 13.0 Å². The molecule has 0 radical (unpaired) electrons. The van der Waals surface area contributed by atoms with Crippen molar-refractivity contribution in [2.24, 2.45) is 0 Å². The van der Waals surface area contributed by atoms with Gasteiger partial charge in [-0.3, -0.25) is 0 Å². The standard InChI is InChI=1S/C12H18ClNO3S2/c1-10-9-14(7-2-8-17-10)19(15,16)12-4-3-11(18-12)5-6-13/h3-4,10H,2,5-9H2,1H3. The molecule has 0 N–H and O–H groups in total. The Bertz CT molecular complexity index is 515. The molecular formula is C12H18ClNO3S2. The minimum Gasteiger partial charge on any atom is -0.377 e. The van der Waals surface area contributed by atoms with Crippen LogP contribution in [0.25, 0.3) is 0 Å². The molecule has 0 aliphatic carbocycles. The first kappa shape index (κ1) is 15.3. The lowest BCUT2D eigenvalue weighted by Crippen LogP contribution is -2.35. The number of alkyl halides is 1. The van der Waals surface area contributed by atoms with Gasteiger partial charge in [0.15, 0.2) is 0 Å². The molecule has 2 rings (SSSR count). The summed E-state index contributed by atoms with van der Waals surface area (Å²) in [6, 6.07) is 3.52. The molecule has 2 heterocycles. The van der Waals surface area contributed by atoms with Crippen molar-refractivity contribution in [3.8, 4) is 0 Å². The van der Waals surface area contributed by atoms with Crippen LogP contribution >= 0.6 is 22.9 Å². The number of thiophene rings is 1. The van der Waals surface area contributed by atoms with Gasteiger partial charge in [0.05, 0.1) is 6.10 Å². The van der Waals surface area contributed by atoms with Crippen LogP contribution in [0, 0.1) is 0 Å². The molecule has 4 nitrogen and oxygen atoms in total. The minimum atomic E-state index is -3.39. The van der Waals surface area contributed by atoms with E-state index < -0.39 is 10.0 Å². The quantitative estimate of drug-likeness (QED) is 0.799. The summed E-state index contributed by atoms with van der Waals surface area (Å²) < 4.78 is 32.5. The molecule has 0 aromatic carbocycles. The van der Waals surface area contributed by atoms with E-state index in [1.54, 1.807) is 6.07 Å². The van der Waals surface area contributed by atoms with Crippen molar-refractivity contribution in [1.82, 2.24) is 4.31 Å². The maximum atomic E-state index is 12.6. The van der Waals surface area contributed by atoms with Gasteiger partial charge in [0, 0.05) is 30.5 Å². The molecular weight excluding hydrogens is 306 g/mol. The highest BCUT2D eigenvalue weighted by Gasteiger charge is 2.28. The fourth-order valence-corrected chi connectivity index (χ4v) is 5.41. The van der Waals surface area contributed by atoms with Gasteiger partial charge in [-0.25, -0.2) is 8.42 Å². The zero-order valence-electron chi connectivity index (χ0n) is 10.8. The summed E-state index contributed by atoms with van der Waals surface area (Å²) in [6.07, 6.45) is 1.39. The van der Waals surface area contributed by atoms with Gasteiger partial charge in [0.1, 0.15) is 4.21 Å². The Hall–Kier alpha value is -0.140. The average Bonchev–Trinajstić information content (AvgIpc) is 2.72. The average molecular weight is 324 g/mol. The van der Waals surface area contributed by atoms with Crippen LogP contribution in [0.15, 0.2) is 16.3 Å². The number of sulfonamides is 1. The van der Waals surface area contributed by atoms with Crippen LogP contribution in [0.4, 0.5) is 0 Å². The summed E-state index contributed by atoms with van der Waals surface area (Å²) in [7, 11) is -3.39. The van der Waals surface area contributed by atoms with Crippen LogP contribution in [-0.2, 0) is 21.2 Å². The first-order valence-corrected chi connectivity index (χ1v) is 9.09. The third kappa shape index (κ3) is 3.70. The van der Waals surface area contributed by atoms with Crippen LogP contribution in [0.3, 0.4) is 0 Å². The van der Waals surface area contributed by atoms with Gasteiger partial charge in [0.2, 0.25) is 0 Å². The van der Waals surface area contributed by atoms with Crippen LogP contribution in [0.1, 0.15) is 18.2 Å². The van der Waals surface area contributed by atoms with Crippen molar-refractivity contribution in [3.05, 3.63) is 17.0 Å². The Morgan fingerprint density at radius 1 is 1.53 bits per heavy atom. The van der Waals surface area contributed by atoms with E-state index in [4.69, 9.17) is 16.3 Å². The highest BCUT2D eigenvalue weighted by atomic mass is 35.5. The Balaban J connectivity index is 2.19. The van der Waals surface area contributed by atoms with Gasteiger partial charge in [-0.15, -0.1) is 22.9 Å².